The van der Waals surface area contributed by atoms with Crippen LogP contribution in [0.4, 0.5) is 0 Å². The Morgan fingerprint density at radius 1 is 1.08 bits per heavy atom. The second kappa shape index (κ2) is 8.87. The highest BCUT2D eigenvalue weighted by Crippen LogP contribution is 2.18. The minimum absolute atomic E-state index is 0.0790. The van der Waals surface area contributed by atoms with Gasteiger partial charge in [-0.1, -0.05) is 12.1 Å². The number of amides is 1. The molecule has 5 heteroatoms. The van der Waals surface area contributed by atoms with Crippen molar-refractivity contribution in [2.45, 2.75) is 27.7 Å². The second-order valence-electron chi connectivity index (χ2n) is 5.75. The maximum absolute atomic E-state index is 11.9. The molecule has 2 rings (SSSR count). The monoisotopic (exact) mass is 340 g/mol. The summed E-state index contributed by atoms with van der Waals surface area (Å²) in [5.74, 6) is 1.22. The number of hydrogen-bond acceptors (Lipinski definition) is 4. The summed E-state index contributed by atoms with van der Waals surface area (Å²) in [5.41, 5.74) is 6.23. The third-order valence-corrected chi connectivity index (χ3v) is 3.63. The molecule has 0 atom stereocenters. The molecule has 132 valence electrons. The van der Waals surface area contributed by atoms with E-state index in [1.807, 2.05) is 70.2 Å². The molecule has 0 radical (unpaired) electrons. The molecule has 1 N–H and O–H groups in total. The summed E-state index contributed by atoms with van der Waals surface area (Å²) in [6, 6.07) is 13.5. The zero-order valence-corrected chi connectivity index (χ0v) is 15.1. The van der Waals surface area contributed by atoms with Crippen molar-refractivity contribution in [2.75, 3.05) is 13.2 Å². The lowest BCUT2D eigenvalue weighted by Gasteiger charge is -2.09. The first-order valence-corrected chi connectivity index (χ1v) is 8.26. The first-order chi connectivity index (χ1) is 12.0. The maximum Gasteiger partial charge on any atom is 0.277 e. The third-order valence-electron chi connectivity index (χ3n) is 3.63. The van der Waals surface area contributed by atoms with Gasteiger partial charge in [-0.2, -0.15) is 5.10 Å². The van der Waals surface area contributed by atoms with Crippen LogP contribution >= 0.6 is 0 Å². The highest BCUT2D eigenvalue weighted by molar-refractivity contribution is 5.99. The van der Waals surface area contributed by atoms with Crippen molar-refractivity contribution in [1.82, 2.24) is 5.43 Å². The molecule has 0 heterocycles. The number of nitrogens with zero attached hydrogens (tertiary/aromatic N) is 1. The van der Waals surface area contributed by atoms with Crippen LogP contribution in [0.5, 0.6) is 11.5 Å². The lowest BCUT2D eigenvalue weighted by Crippen LogP contribution is -2.25. The molecule has 0 bridgehead atoms. The molecule has 0 fully saturated rings. The molecule has 0 aliphatic heterocycles. The number of rotatable bonds is 7. The van der Waals surface area contributed by atoms with E-state index in [1.165, 1.54) is 0 Å². The van der Waals surface area contributed by atoms with Crippen molar-refractivity contribution < 1.29 is 14.3 Å². The summed E-state index contributed by atoms with van der Waals surface area (Å²) in [5, 5.41) is 4.12. The lowest BCUT2D eigenvalue weighted by molar-refractivity contribution is -0.123. The molecule has 0 saturated carbocycles. The summed E-state index contributed by atoms with van der Waals surface area (Å²) in [7, 11) is 0. The maximum atomic E-state index is 11.9. The molecule has 0 saturated heterocycles. The van der Waals surface area contributed by atoms with Gasteiger partial charge in [0.15, 0.2) is 6.61 Å². The normalized spacial score (nSPS) is 11.1. The molecule has 2 aromatic carbocycles. The van der Waals surface area contributed by atoms with E-state index < -0.39 is 0 Å². The average Bonchev–Trinajstić information content (AvgIpc) is 2.61. The summed E-state index contributed by atoms with van der Waals surface area (Å²) in [6.45, 7) is 8.25. The van der Waals surface area contributed by atoms with Crippen LogP contribution in [0.1, 0.15) is 30.5 Å². The standard InChI is InChI=1S/C20H24N2O3/c1-5-24-18-10-8-17(9-11-18)16(4)21-22-20(23)13-25-19-12-14(2)6-7-15(19)3/h6-12H,5,13H2,1-4H3,(H,22,23)/b21-16-. The van der Waals surface area contributed by atoms with Crippen LogP contribution in [0.3, 0.4) is 0 Å². The van der Waals surface area contributed by atoms with E-state index in [0.717, 1.165) is 22.4 Å². The van der Waals surface area contributed by atoms with Gasteiger partial charge in [-0.15, -0.1) is 0 Å². The van der Waals surface area contributed by atoms with Crippen molar-refractivity contribution in [3.63, 3.8) is 0 Å². The summed E-state index contributed by atoms with van der Waals surface area (Å²) >= 11 is 0. The average molecular weight is 340 g/mol. The fraction of sp³-hybridized carbons (Fsp3) is 0.300. The predicted molar refractivity (Wildman–Crippen MR) is 99.4 cm³/mol. The molecule has 1 amide bonds. The van der Waals surface area contributed by atoms with Gasteiger partial charge in [0.25, 0.3) is 5.91 Å². The van der Waals surface area contributed by atoms with E-state index in [-0.39, 0.29) is 12.5 Å². The van der Waals surface area contributed by atoms with Crippen molar-refractivity contribution >= 4 is 11.6 Å². The molecule has 0 spiro atoms. The van der Waals surface area contributed by atoms with Crippen LogP contribution in [0.15, 0.2) is 47.6 Å². The Hall–Kier alpha value is -2.82. The third kappa shape index (κ3) is 5.64. The highest BCUT2D eigenvalue weighted by Gasteiger charge is 2.05. The molecule has 25 heavy (non-hydrogen) atoms. The lowest BCUT2D eigenvalue weighted by atomic mass is 10.1. The van der Waals surface area contributed by atoms with Gasteiger partial charge in [0.2, 0.25) is 0 Å². The largest absolute Gasteiger partial charge is 0.494 e. The van der Waals surface area contributed by atoms with E-state index in [2.05, 4.69) is 10.5 Å². The van der Waals surface area contributed by atoms with Crippen molar-refractivity contribution in [2.24, 2.45) is 5.10 Å². The number of ether oxygens (including phenoxy) is 2. The Balaban J connectivity index is 1.89. The molecule has 5 nitrogen and oxygen atoms in total. The van der Waals surface area contributed by atoms with Crippen LogP contribution in [0.2, 0.25) is 0 Å². The molecular weight excluding hydrogens is 316 g/mol. The van der Waals surface area contributed by atoms with Gasteiger partial charge in [0.05, 0.1) is 12.3 Å². The van der Waals surface area contributed by atoms with Gasteiger partial charge in [0, 0.05) is 0 Å². The van der Waals surface area contributed by atoms with Gasteiger partial charge in [-0.25, -0.2) is 5.43 Å². The number of benzene rings is 2. The minimum Gasteiger partial charge on any atom is -0.494 e. The Kier molecular flexibility index (Phi) is 6.57. The van der Waals surface area contributed by atoms with Gasteiger partial charge in [0.1, 0.15) is 11.5 Å². The molecule has 0 aromatic heterocycles. The molecular formula is C20H24N2O3. The van der Waals surface area contributed by atoms with Crippen LogP contribution in [-0.4, -0.2) is 24.8 Å². The Bertz CT molecular complexity index is 752. The first kappa shape index (κ1) is 18.5. The molecule has 2 aromatic rings. The van der Waals surface area contributed by atoms with E-state index in [4.69, 9.17) is 9.47 Å². The molecule has 0 aliphatic rings. The topological polar surface area (TPSA) is 59.9 Å². The van der Waals surface area contributed by atoms with Gasteiger partial charge < -0.3 is 9.47 Å². The zero-order valence-electron chi connectivity index (χ0n) is 15.1. The van der Waals surface area contributed by atoms with Crippen LogP contribution in [0.25, 0.3) is 0 Å². The van der Waals surface area contributed by atoms with Crippen molar-refractivity contribution in [3.05, 3.63) is 59.2 Å². The summed E-state index contributed by atoms with van der Waals surface area (Å²) in [6.07, 6.45) is 0. The summed E-state index contributed by atoms with van der Waals surface area (Å²) < 4.78 is 11.0. The van der Waals surface area contributed by atoms with Crippen LogP contribution in [-0.2, 0) is 4.79 Å². The predicted octanol–water partition coefficient (Wildman–Crippen LogP) is 3.62. The number of carbonyl (C=O) groups is 1. The number of hydrogen-bond donors (Lipinski definition) is 1. The van der Waals surface area contributed by atoms with Crippen LogP contribution < -0.4 is 14.9 Å². The van der Waals surface area contributed by atoms with Crippen LogP contribution in [0, 0.1) is 13.8 Å². The smallest absolute Gasteiger partial charge is 0.277 e. The molecule has 0 unspecified atom stereocenters. The number of aryl methyl sites for hydroxylation is 2. The highest BCUT2D eigenvalue weighted by atomic mass is 16.5. The quantitative estimate of drug-likeness (QED) is 0.618. The first-order valence-electron chi connectivity index (χ1n) is 8.26. The zero-order chi connectivity index (χ0) is 18.2. The Morgan fingerprint density at radius 3 is 2.48 bits per heavy atom. The van der Waals surface area contributed by atoms with Crippen molar-refractivity contribution in [1.29, 1.82) is 0 Å². The van der Waals surface area contributed by atoms with Crippen molar-refractivity contribution in [3.8, 4) is 11.5 Å². The SMILES string of the molecule is CCOc1ccc(/C(C)=N\NC(=O)COc2cc(C)ccc2C)cc1. The number of nitrogens with one attached hydrogen (secondary N) is 1. The van der Waals surface area contributed by atoms with Gasteiger partial charge in [-0.05, 0) is 74.7 Å². The van der Waals surface area contributed by atoms with E-state index in [9.17, 15) is 4.79 Å². The minimum atomic E-state index is -0.300. The Labute approximate surface area is 148 Å². The fourth-order valence-electron chi connectivity index (χ4n) is 2.21. The Morgan fingerprint density at radius 2 is 1.80 bits per heavy atom. The fourth-order valence-corrected chi connectivity index (χ4v) is 2.21. The van der Waals surface area contributed by atoms with Gasteiger partial charge in [-0.3, -0.25) is 4.79 Å². The van der Waals surface area contributed by atoms with E-state index >= 15 is 0 Å². The number of carbonyl (C=O) groups excluding carboxylic acids is 1. The second-order valence-corrected chi connectivity index (χ2v) is 5.75. The van der Waals surface area contributed by atoms with Gasteiger partial charge >= 0.3 is 0 Å². The van der Waals surface area contributed by atoms with E-state index in [1.54, 1.807) is 0 Å². The summed E-state index contributed by atoms with van der Waals surface area (Å²) in [4.78, 5) is 11.9. The van der Waals surface area contributed by atoms with E-state index in [0.29, 0.717) is 18.1 Å². The number of hydrazone groups is 1. The molecule has 0 aliphatic carbocycles.